The number of anilines is 2. The van der Waals surface area contributed by atoms with Gasteiger partial charge in [0.25, 0.3) is 5.56 Å². The maximum atomic E-state index is 12.8. The third-order valence-electron chi connectivity index (χ3n) is 4.45. The van der Waals surface area contributed by atoms with E-state index in [1.807, 2.05) is 6.92 Å². The lowest BCUT2D eigenvalue weighted by Crippen LogP contribution is -2.34. The summed E-state index contributed by atoms with van der Waals surface area (Å²) in [5.41, 5.74) is 6.84. The van der Waals surface area contributed by atoms with E-state index in [0.717, 1.165) is 4.68 Å². The third kappa shape index (κ3) is 4.12. The molecule has 2 aromatic heterocycles. The molecule has 0 bridgehead atoms. The summed E-state index contributed by atoms with van der Waals surface area (Å²) in [6, 6.07) is 7.17. The van der Waals surface area contributed by atoms with Crippen LogP contribution >= 0.6 is 11.6 Å². The summed E-state index contributed by atoms with van der Waals surface area (Å²) in [7, 11) is 1.48. The second kappa shape index (κ2) is 8.00. The van der Waals surface area contributed by atoms with E-state index < -0.39 is 17.5 Å². The molecular formula is C20H21ClN4O4. The van der Waals surface area contributed by atoms with E-state index >= 15 is 0 Å². The fraction of sp³-hybridized carbons (Fsp3) is 0.250. The van der Waals surface area contributed by atoms with Gasteiger partial charge in [-0.1, -0.05) is 11.6 Å². The van der Waals surface area contributed by atoms with E-state index in [2.05, 4.69) is 10.4 Å². The van der Waals surface area contributed by atoms with Crippen molar-refractivity contribution in [3.8, 4) is 17.0 Å². The van der Waals surface area contributed by atoms with Gasteiger partial charge in [0.05, 0.1) is 18.5 Å². The van der Waals surface area contributed by atoms with E-state index in [1.54, 1.807) is 38.1 Å². The Labute approximate surface area is 172 Å². The Morgan fingerprint density at radius 1 is 1.31 bits per heavy atom. The van der Waals surface area contributed by atoms with E-state index in [9.17, 15) is 9.59 Å². The number of hydrogen-bond donors (Lipinski definition) is 2. The molecule has 0 spiro atoms. The van der Waals surface area contributed by atoms with Crippen molar-refractivity contribution in [1.82, 2.24) is 9.78 Å². The van der Waals surface area contributed by atoms with Crippen LogP contribution in [0.5, 0.6) is 5.75 Å². The number of carbonyl (C=O) groups excluding carboxylic acids is 1. The zero-order chi connectivity index (χ0) is 21.3. The molecule has 2 heterocycles. The number of furan rings is 1. The molecule has 9 heteroatoms. The molecule has 1 aromatic carbocycles. The highest BCUT2D eigenvalue weighted by molar-refractivity contribution is 6.31. The lowest BCUT2D eigenvalue weighted by atomic mass is 10.1. The number of methoxy groups -OCH3 is 1. The summed E-state index contributed by atoms with van der Waals surface area (Å²) in [5, 5.41) is 7.49. The Hall–Kier alpha value is -3.26. The van der Waals surface area contributed by atoms with Crippen molar-refractivity contribution in [3.05, 3.63) is 57.2 Å². The van der Waals surface area contributed by atoms with Crippen LogP contribution in [0.2, 0.25) is 5.02 Å². The molecule has 152 valence electrons. The summed E-state index contributed by atoms with van der Waals surface area (Å²) >= 11 is 6.01. The predicted molar refractivity (Wildman–Crippen MR) is 111 cm³/mol. The van der Waals surface area contributed by atoms with Crippen LogP contribution in [0.4, 0.5) is 11.4 Å². The van der Waals surface area contributed by atoms with Gasteiger partial charge in [-0.2, -0.15) is 5.10 Å². The van der Waals surface area contributed by atoms with Crippen LogP contribution < -0.4 is 21.3 Å². The summed E-state index contributed by atoms with van der Waals surface area (Å²) in [4.78, 5) is 25.4. The van der Waals surface area contributed by atoms with Crippen molar-refractivity contribution in [3.63, 3.8) is 0 Å². The van der Waals surface area contributed by atoms with Gasteiger partial charge in [-0.05, 0) is 51.1 Å². The molecule has 0 saturated heterocycles. The minimum atomic E-state index is -0.943. The highest BCUT2D eigenvalue weighted by Crippen LogP contribution is 2.29. The van der Waals surface area contributed by atoms with Crippen molar-refractivity contribution in [2.45, 2.75) is 26.8 Å². The molecule has 0 fully saturated rings. The van der Waals surface area contributed by atoms with Crippen molar-refractivity contribution < 1.29 is 13.9 Å². The predicted octanol–water partition coefficient (Wildman–Crippen LogP) is 3.56. The SMILES string of the molecule is COc1ccc(Cl)cc1NC(=O)C(C)n1nc(-c2cc(C)oc2C)cc(N)c1=O. The number of benzene rings is 1. The Morgan fingerprint density at radius 3 is 2.66 bits per heavy atom. The van der Waals surface area contributed by atoms with Crippen LogP contribution in [0, 0.1) is 13.8 Å². The van der Waals surface area contributed by atoms with Crippen LogP contribution in [0.25, 0.3) is 11.3 Å². The number of ether oxygens (including phenoxy) is 1. The van der Waals surface area contributed by atoms with Crippen molar-refractivity contribution in [2.24, 2.45) is 0 Å². The number of nitrogen functional groups attached to an aromatic ring is 1. The van der Waals surface area contributed by atoms with Gasteiger partial charge in [0.15, 0.2) is 0 Å². The second-order valence-corrected chi connectivity index (χ2v) is 7.01. The highest BCUT2D eigenvalue weighted by Gasteiger charge is 2.22. The molecule has 1 atom stereocenters. The molecule has 0 aliphatic carbocycles. The number of hydrogen-bond acceptors (Lipinski definition) is 6. The Balaban J connectivity index is 1.97. The lowest BCUT2D eigenvalue weighted by molar-refractivity contribution is -0.119. The number of aromatic nitrogens is 2. The number of rotatable bonds is 5. The van der Waals surface area contributed by atoms with Crippen molar-refractivity contribution >= 4 is 28.9 Å². The number of halogens is 1. The van der Waals surface area contributed by atoms with Crippen LogP contribution in [-0.4, -0.2) is 22.8 Å². The van der Waals surface area contributed by atoms with Gasteiger partial charge in [0.2, 0.25) is 5.91 Å². The average molecular weight is 417 g/mol. The standard InChI is InChI=1S/C20H21ClN4O4/c1-10-7-14(12(3)29-10)16-9-15(22)20(27)25(24-16)11(2)19(26)23-17-8-13(21)5-6-18(17)28-4/h5-9,11H,22H2,1-4H3,(H,23,26). The van der Waals surface area contributed by atoms with E-state index in [4.69, 9.17) is 26.5 Å². The van der Waals surface area contributed by atoms with Crippen LogP contribution in [0.15, 0.2) is 39.5 Å². The molecule has 0 aliphatic heterocycles. The number of amides is 1. The number of nitrogens with zero attached hydrogens (tertiary/aromatic N) is 2. The largest absolute Gasteiger partial charge is 0.495 e. The minimum absolute atomic E-state index is 0.0201. The summed E-state index contributed by atoms with van der Waals surface area (Å²) in [6.45, 7) is 5.15. The van der Waals surface area contributed by atoms with Crippen LogP contribution in [0.1, 0.15) is 24.5 Å². The fourth-order valence-corrected chi connectivity index (χ4v) is 3.11. The molecule has 29 heavy (non-hydrogen) atoms. The average Bonchev–Trinajstić information content (AvgIpc) is 3.01. The zero-order valence-corrected chi connectivity index (χ0v) is 17.2. The minimum Gasteiger partial charge on any atom is -0.495 e. The molecular weight excluding hydrogens is 396 g/mol. The molecule has 8 nitrogen and oxygen atoms in total. The molecule has 3 aromatic rings. The van der Waals surface area contributed by atoms with Gasteiger partial charge >= 0.3 is 0 Å². The second-order valence-electron chi connectivity index (χ2n) is 6.57. The van der Waals surface area contributed by atoms with Crippen molar-refractivity contribution in [1.29, 1.82) is 0 Å². The van der Waals surface area contributed by atoms with E-state index in [0.29, 0.717) is 39.2 Å². The van der Waals surface area contributed by atoms with Gasteiger partial charge < -0.3 is 20.2 Å². The topological polar surface area (TPSA) is 112 Å². The van der Waals surface area contributed by atoms with Crippen LogP contribution in [0.3, 0.4) is 0 Å². The van der Waals surface area contributed by atoms with Gasteiger partial charge in [0, 0.05) is 10.6 Å². The molecule has 3 rings (SSSR count). The quantitative estimate of drug-likeness (QED) is 0.657. The molecule has 1 unspecified atom stereocenters. The highest BCUT2D eigenvalue weighted by atomic mass is 35.5. The first kappa shape index (κ1) is 20.5. The number of carbonyl (C=O) groups is 1. The molecule has 3 N–H and O–H groups in total. The Kier molecular flexibility index (Phi) is 5.65. The smallest absolute Gasteiger partial charge is 0.290 e. The number of nitrogens with two attached hydrogens (primary N) is 1. The monoisotopic (exact) mass is 416 g/mol. The fourth-order valence-electron chi connectivity index (χ4n) is 2.94. The zero-order valence-electron chi connectivity index (χ0n) is 16.4. The van der Waals surface area contributed by atoms with E-state index in [1.165, 1.54) is 13.2 Å². The molecule has 0 aliphatic rings. The maximum Gasteiger partial charge on any atom is 0.290 e. The first-order valence-electron chi connectivity index (χ1n) is 8.82. The molecule has 0 saturated carbocycles. The van der Waals surface area contributed by atoms with Gasteiger partial charge in [-0.15, -0.1) is 0 Å². The normalized spacial score (nSPS) is 11.9. The lowest BCUT2D eigenvalue weighted by Gasteiger charge is -2.17. The summed E-state index contributed by atoms with van der Waals surface area (Å²) in [5.74, 6) is 1.31. The first-order chi connectivity index (χ1) is 13.7. The number of aryl methyl sites for hydroxylation is 2. The first-order valence-corrected chi connectivity index (χ1v) is 9.20. The van der Waals surface area contributed by atoms with E-state index in [-0.39, 0.29) is 5.69 Å². The summed E-state index contributed by atoms with van der Waals surface area (Å²) < 4.78 is 11.8. The van der Waals surface area contributed by atoms with Gasteiger partial charge in [0.1, 0.15) is 29.0 Å². The maximum absolute atomic E-state index is 12.8. The van der Waals surface area contributed by atoms with Crippen LogP contribution in [-0.2, 0) is 4.79 Å². The number of nitrogens with one attached hydrogen (secondary N) is 1. The van der Waals surface area contributed by atoms with Gasteiger partial charge in [-0.3, -0.25) is 9.59 Å². The Morgan fingerprint density at radius 2 is 2.03 bits per heavy atom. The molecule has 0 radical (unpaired) electrons. The van der Waals surface area contributed by atoms with Crippen molar-refractivity contribution in [2.75, 3.05) is 18.2 Å². The van der Waals surface area contributed by atoms with Gasteiger partial charge in [-0.25, -0.2) is 4.68 Å². The summed E-state index contributed by atoms with van der Waals surface area (Å²) in [6.07, 6.45) is 0. The molecule has 1 amide bonds. The third-order valence-corrected chi connectivity index (χ3v) is 4.68. The Bertz CT molecular complexity index is 1140.